The Kier molecular flexibility index (Phi) is 6.96. The zero-order valence-corrected chi connectivity index (χ0v) is 13.5. The number of aryl methyl sites for hydroxylation is 1. The van der Waals surface area contributed by atoms with E-state index in [-0.39, 0.29) is 5.91 Å². The van der Waals surface area contributed by atoms with Gasteiger partial charge in [-0.3, -0.25) is 4.79 Å². The second kappa shape index (κ2) is 8.22. The normalized spacial score (nSPS) is 11.2. The molecule has 112 valence electrons. The fourth-order valence-electron chi connectivity index (χ4n) is 1.81. The number of rotatable bonds is 7. The predicted molar refractivity (Wildman–Crippen MR) is 83.3 cm³/mol. The van der Waals surface area contributed by atoms with Crippen molar-refractivity contribution in [2.45, 2.75) is 39.7 Å². The van der Waals surface area contributed by atoms with E-state index in [0.717, 1.165) is 25.1 Å². The van der Waals surface area contributed by atoms with Crippen molar-refractivity contribution < 1.29 is 4.79 Å². The average Bonchev–Trinajstić information content (AvgIpc) is 2.36. The third-order valence-corrected chi connectivity index (χ3v) is 3.48. The van der Waals surface area contributed by atoms with E-state index in [1.54, 1.807) is 12.1 Å². The van der Waals surface area contributed by atoms with Crippen molar-refractivity contribution in [3.8, 4) is 0 Å². The molecule has 0 bridgehead atoms. The first-order valence-electron chi connectivity index (χ1n) is 7.02. The van der Waals surface area contributed by atoms with Crippen LogP contribution in [0.1, 0.15) is 42.7 Å². The summed E-state index contributed by atoms with van der Waals surface area (Å²) in [5.41, 5.74) is 1.32. The highest BCUT2D eigenvalue weighted by atomic mass is 35.5. The summed E-state index contributed by atoms with van der Waals surface area (Å²) in [4.78, 5) is 18.3. The van der Waals surface area contributed by atoms with Crippen LogP contribution in [0, 0.1) is 6.92 Å². The van der Waals surface area contributed by atoms with Gasteiger partial charge < -0.3 is 10.2 Å². The van der Waals surface area contributed by atoms with Gasteiger partial charge in [0, 0.05) is 23.8 Å². The van der Waals surface area contributed by atoms with Gasteiger partial charge in [-0.15, -0.1) is 0 Å². The van der Waals surface area contributed by atoms with E-state index >= 15 is 0 Å². The van der Waals surface area contributed by atoms with Gasteiger partial charge in [-0.25, -0.2) is 4.98 Å². The molecule has 5 heteroatoms. The van der Waals surface area contributed by atoms with Crippen molar-refractivity contribution >= 4 is 17.5 Å². The average molecular weight is 298 g/mol. The van der Waals surface area contributed by atoms with E-state index in [1.807, 2.05) is 6.92 Å². The lowest BCUT2D eigenvalue weighted by atomic mass is 10.2. The van der Waals surface area contributed by atoms with Gasteiger partial charge in [0.05, 0.1) is 0 Å². The second-order valence-corrected chi connectivity index (χ2v) is 5.74. The van der Waals surface area contributed by atoms with Gasteiger partial charge >= 0.3 is 0 Å². The number of halogens is 1. The van der Waals surface area contributed by atoms with Gasteiger partial charge in [-0.2, -0.15) is 0 Å². The number of amides is 1. The van der Waals surface area contributed by atoms with Crippen LogP contribution in [-0.4, -0.2) is 42.0 Å². The predicted octanol–water partition coefficient (Wildman–Crippen LogP) is 2.89. The highest BCUT2D eigenvalue weighted by molar-refractivity contribution is 6.29. The van der Waals surface area contributed by atoms with Crippen molar-refractivity contribution in [2.24, 2.45) is 0 Å². The Bertz CT molecular complexity index is 428. The number of pyridine rings is 1. The van der Waals surface area contributed by atoms with Crippen LogP contribution in [0.25, 0.3) is 0 Å². The van der Waals surface area contributed by atoms with Gasteiger partial charge in [0.25, 0.3) is 5.91 Å². The molecular weight excluding hydrogens is 274 g/mol. The largest absolute Gasteiger partial charge is 0.352 e. The van der Waals surface area contributed by atoms with Gasteiger partial charge in [0.15, 0.2) is 0 Å². The molecule has 0 saturated carbocycles. The van der Waals surface area contributed by atoms with Crippen LogP contribution >= 0.6 is 11.6 Å². The molecule has 0 atom stereocenters. The van der Waals surface area contributed by atoms with Gasteiger partial charge in [-0.1, -0.05) is 11.6 Å². The highest BCUT2D eigenvalue weighted by Crippen LogP contribution is 2.10. The molecular formula is C15H24ClN3O. The highest BCUT2D eigenvalue weighted by Gasteiger charge is 2.07. The molecule has 0 fully saturated rings. The summed E-state index contributed by atoms with van der Waals surface area (Å²) in [6.45, 7) is 7.91. The molecule has 4 nitrogen and oxygen atoms in total. The van der Waals surface area contributed by atoms with Gasteiger partial charge in [0.1, 0.15) is 5.15 Å². The lowest BCUT2D eigenvalue weighted by Crippen LogP contribution is -2.29. The fraction of sp³-hybridized carbons (Fsp3) is 0.600. The molecule has 1 heterocycles. The molecule has 1 aromatic heterocycles. The molecule has 0 spiro atoms. The van der Waals surface area contributed by atoms with Crippen LogP contribution in [0.15, 0.2) is 12.1 Å². The van der Waals surface area contributed by atoms with Crippen LogP contribution in [0.3, 0.4) is 0 Å². The zero-order valence-electron chi connectivity index (χ0n) is 12.7. The summed E-state index contributed by atoms with van der Waals surface area (Å²) in [7, 11) is 2.12. The Balaban J connectivity index is 2.30. The molecule has 0 saturated heterocycles. The number of unbranched alkanes of at least 4 members (excludes halogenated alkanes) is 1. The number of nitrogens with zero attached hydrogens (tertiary/aromatic N) is 2. The SMILES string of the molecule is Cc1cc(C(=O)NCCCCN(C)C(C)C)cc(Cl)n1. The number of hydrogen-bond acceptors (Lipinski definition) is 3. The molecule has 0 aliphatic heterocycles. The second-order valence-electron chi connectivity index (χ2n) is 5.36. The van der Waals surface area contributed by atoms with Crippen molar-refractivity contribution in [1.82, 2.24) is 15.2 Å². The summed E-state index contributed by atoms with van der Waals surface area (Å²) < 4.78 is 0. The Morgan fingerprint density at radius 3 is 2.70 bits per heavy atom. The van der Waals surface area contributed by atoms with E-state index in [9.17, 15) is 4.79 Å². The van der Waals surface area contributed by atoms with Crippen LogP contribution < -0.4 is 5.32 Å². The Morgan fingerprint density at radius 2 is 2.10 bits per heavy atom. The monoisotopic (exact) mass is 297 g/mol. The topological polar surface area (TPSA) is 45.2 Å². The molecule has 1 N–H and O–H groups in total. The smallest absolute Gasteiger partial charge is 0.251 e. The molecule has 0 aliphatic carbocycles. The minimum Gasteiger partial charge on any atom is -0.352 e. The third-order valence-electron chi connectivity index (χ3n) is 3.29. The number of aromatic nitrogens is 1. The maximum atomic E-state index is 11.9. The fourth-order valence-corrected chi connectivity index (χ4v) is 2.06. The first-order chi connectivity index (χ1) is 9.40. The van der Waals surface area contributed by atoms with Gasteiger partial charge in [0.2, 0.25) is 0 Å². The van der Waals surface area contributed by atoms with E-state index < -0.39 is 0 Å². The summed E-state index contributed by atoms with van der Waals surface area (Å²) in [5, 5.41) is 3.27. The first kappa shape index (κ1) is 16.9. The maximum absolute atomic E-state index is 11.9. The van der Waals surface area contributed by atoms with Crippen molar-refractivity contribution in [1.29, 1.82) is 0 Å². The Hall–Kier alpha value is -1.13. The molecule has 1 aromatic rings. The zero-order chi connectivity index (χ0) is 15.1. The van der Waals surface area contributed by atoms with Crippen LogP contribution in [0.2, 0.25) is 5.15 Å². The van der Waals surface area contributed by atoms with Crippen molar-refractivity contribution in [3.05, 3.63) is 28.5 Å². The van der Waals surface area contributed by atoms with E-state index in [4.69, 9.17) is 11.6 Å². The van der Waals surface area contributed by atoms with E-state index in [1.165, 1.54) is 0 Å². The lowest BCUT2D eigenvalue weighted by molar-refractivity contribution is 0.0952. The molecule has 1 rings (SSSR count). The van der Waals surface area contributed by atoms with Crippen LogP contribution in [0.5, 0.6) is 0 Å². The minimum atomic E-state index is -0.0883. The summed E-state index contributed by atoms with van der Waals surface area (Å²) >= 11 is 5.85. The van der Waals surface area contributed by atoms with Gasteiger partial charge in [-0.05, 0) is 59.3 Å². The van der Waals surface area contributed by atoms with E-state index in [0.29, 0.717) is 23.3 Å². The molecule has 20 heavy (non-hydrogen) atoms. The molecule has 0 aromatic carbocycles. The minimum absolute atomic E-state index is 0.0883. The van der Waals surface area contributed by atoms with E-state index in [2.05, 4.69) is 36.1 Å². The van der Waals surface area contributed by atoms with Crippen LogP contribution in [0.4, 0.5) is 0 Å². The lowest BCUT2D eigenvalue weighted by Gasteiger charge is -2.20. The van der Waals surface area contributed by atoms with Crippen molar-refractivity contribution in [2.75, 3.05) is 20.1 Å². The number of carbonyl (C=O) groups is 1. The van der Waals surface area contributed by atoms with Crippen LogP contribution in [-0.2, 0) is 0 Å². The third kappa shape index (κ3) is 5.88. The standard InChI is InChI=1S/C15H24ClN3O/c1-11(2)19(4)8-6-5-7-17-15(20)13-9-12(3)18-14(16)10-13/h9-11H,5-8H2,1-4H3,(H,17,20). The summed E-state index contributed by atoms with van der Waals surface area (Å²) in [5.74, 6) is -0.0883. The number of nitrogens with one attached hydrogen (secondary N) is 1. The summed E-state index contributed by atoms with van der Waals surface area (Å²) in [6.07, 6.45) is 2.05. The molecule has 0 radical (unpaired) electrons. The quantitative estimate of drug-likeness (QED) is 0.622. The Labute approximate surface area is 126 Å². The first-order valence-corrected chi connectivity index (χ1v) is 7.40. The molecule has 0 aliphatic rings. The summed E-state index contributed by atoms with van der Waals surface area (Å²) in [6, 6.07) is 3.90. The number of carbonyl (C=O) groups excluding carboxylic acids is 1. The molecule has 1 amide bonds. The maximum Gasteiger partial charge on any atom is 0.251 e. The number of hydrogen-bond donors (Lipinski definition) is 1. The van der Waals surface area contributed by atoms with Crippen molar-refractivity contribution in [3.63, 3.8) is 0 Å². The molecule has 0 unspecified atom stereocenters. The Morgan fingerprint density at radius 1 is 1.40 bits per heavy atom.